The smallest absolute Gasteiger partial charge is 0.224 e. The normalized spacial score (nSPS) is 16.5. The van der Waals surface area contributed by atoms with E-state index in [0.29, 0.717) is 18.0 Å². The summed E-state index contributed by atoms with van der Waals surface area (Å²) in [6.45, 7) is 1.99. The number of nitrogens with two attached hydrogens (primary N) is 1. The number of benzene rings is 1. The van der Waals surface area contributed by atoms with Gasteiger partial charge in [-0.3, -0.25) is 9.78 Å². The van der Waals surface area contributed by atoms with Crippen molar-refractivity contribution in [1.29, 1.82) is 0 Å². The number of nitrogens with one attached hydrogen (secondary N) is 2. The van der Waals surface area contributed by atoms with E-state index in [1.165, 1.54) is 0 Å². The van der Waals surface area contributed by atoms with Crippen molar-refractivity contribution in [2.24, 2.45) is 5.92 Å². The van der Waals surface area contributed by atoms with Gasteiger partial charge in [-0.15, -0.1) is 0 Å². The molecule has 126 valence electrons. The molecule has 3 rings (SSSR count). The third kappa shape index (κ3) is 4.11. The van der Waals surface area contributed by atoms with Crippen molar-refractivity contribution < 1.29 is 4.79 Å². The highest BCUT2D eigenvalue weighted by Gasteiger charge is 2.26. The van der Waals surface area contributed by atoms with Gasteiger partial charge in [-0.05, 0) is 61.2 Å². The van der Waals surface area contributed by atoms with Gasteiger partial charge in [0, 0.05) is 18.1 Å². The molecule has 0 saturated carbocycles. The molecule has 4 N–H and O–H groups in total. The summed E-state index contributed by atoms with van der Waals surface area (Å²) in [6.07, 6.45) is 5.98. The predicted molar refractivity (Wildman–Crippen MR) is 95.3 cm³/mol. The molecule has 0 spiro atoms. The summed E-state index contributed by atoms with van der Waals surface area (Å²) in [5.41, 5.74) is 8.61. The zero-order chi connectivity index (χ0) is 16.8. The van der Waals surface area contributed by atoms with Gasteiger partial charge in [-0.2, -0.15) is 0 Å². The number of nitrogens with zero attached hydrogens (tertiary/aromatic N) is 1. The fraction of sp³-hybridized carbons (Fsp3) is 0.368. The zero-order valence-corrected chi connectivity index (χ0v) is 13.7. The Morgan fingerprint density at radius 2 is 1.92 bits per heavy atom. The molecule has 0 aliphatic carbocycles. The lowest BCUT2D eigenvalue weighted by molar-refractivity contribution is -0.121. The van der Waals surface area contributed by atoms with E-state index in [2.05, 4.69) is 15.6 Å². The topological polar surface area (TPSA) is 80.0 Å². The molecule has 1 aliphatic rings. The number of anilines is 1. The second kappa shape index (κ2) is 7.93. The maximum atomic E-state index is 12.6. The monoisotopic (exact) mass is 324 g/mol. The molecule has 1 fully saturated rings. The van der Waals surface area contributed by atoms with Crippen molar-refractivity contribution in [2.75, 3.05) is 18.8 Å². The summed E-state index contributed by atoms with van der Waals surface area (Å²) >= 11 is 0. The van der Waals surface area contributed by atoms with Crippen LogP contribution in [0.25, 0.3) is 0 Å². The fourth-order valence-electron chi connectivity index (χ4n) is 3.31. The Bertz CT molecular complexity index is 668. The Morgan fingerprint density at radius 1 is 1.21 bits per heavy atom. The lowest BCUT2D eigenvalue weighted by Gasteiger charge is -2.31. The van der Waals surface area contributed by atoms with E-state index in [4.69, 9.17) is 5.73 Å². The van der Waals surface area contributed by atoms with Gasteiger partial charge in [0.05, 0.1) is 12.5 Å². The van der Waals surface area contributed by atoms with Gasteiger partial charge < -0.3 is 16.4 Å². The number of pyridine rings is 1. The molecule has 1 saturated heterocycles. The lowest BCUT2D eigenvalue weighted by Crippen LogP contribution is -2.39. The Balaban J connectivity index is 1.73. The third-order valence-corrected chi connectivity index (χ3v) is 4.64. The highest BCUT2D eigenvalue weighted by Crippen LogP contribution is 2.28. The van der Waals surface area contributed by atoms with Gasteiger partial charge >= 0.3 is 0 Å². The maximum Gasteiger partial charge on any atom is 0.224 e. The number of hydrogen-bond acceptors (Lipinski definition) is 4. The Hall–Kier alpha value is -2.40. The van der Waals surface area contributed by atoms with Crippen LogP contribution in [0, 0.1) is 5.92 Å². The largest absolute Gasteiger partial charge is 0.398 e. The minimum absolute atomic E-state index is 0.00763. The summed E-state index contributed by atoms with van der Waals surface area (Å²) < 4.78 is 0. The summed E-state index contributed by atoms with van der Waals surface area (Å²) in [6, 6.07) is 11.5. The number of carbonyl (C=O) groups excluding carboxylic acids is 1. The standard InChI is InChI=1S/C19H24N4O/c20-17-4-2-1-3-16(17)13-18(24)23-19(14-5-9-21-10-6-14)15-7-11-22-12-8-15/h1-6,9-10,15,19,22H,7-8,11-13,20H2,(H,23,24). The fourth-order valence-corrected chi connectivity index (χ4v) is 3.31. The molecule has 2 aromatic rings. The van der Waals surface area contributed by atoms with E-state index in [-0.39, 0.29) is 11.9 Å². The van der Waals surface area contributed by atoms with Crippen LogP contribution >= 0.6 is 0 Å². The van der Waals surface area contributed by atoms with Crippen molar-refractivity contribution >= 4 is 11.6 Å². The van der Waals surface area contributed by atoms with Crippen molar-refractivity contribution in [3.05, 3.63) is 59.9 Å². The number of amides is 1. The van der Waals surface area contributed by atoms with Crippen molar-refractivity contribution in [3.8, 4) is 0 Å². The number of piperidine rings is 1. The van der Waals surface area contributed by atoms with E-state index < -0.39 is 0 Å². The first kappa shape index (κ1) is 16.5. The molecule has 5 heteroatoms. The van der Waals surface area contributed by atoms with Crippen LogP contribution in [0.2, 0.25) is 0 Å². The van der Waals surface area contributed by atoms with E-state index in [0.717, 1.165) is 37.1 Å². The van der Waals surface area contributed by atoms with Crippen LogP contribution in [0.5, 0.6) is 0 Å². The summed E-state index contributed by atoms with van der Waals surface area (Å²) in [4.78, 5) is 16.7. The molecule has 1 aromatic carbocycles. The van der Waals surface area contributed by atoms with E-state index in [1.54, 1.807) is 12.4 Å². The van der Waals surface area contributed by atoms with Gasteiger partial charge in [0.25, 0.3) is 0 Å². The highest BCUT2D eigenvalue weighted by molar-refractivity contribution is 5.80. The molecule has 0 bridgehead atoms. The molecular formula is C19H24N4O. The number of hydrogen-bond donors (Lipinski definition) is 3. The van der Waals surface area contributed by atoms with E-state index in [1.807, 2.05) is 36.4 Å². The molecule has 1 amide bonds. The first-order chi connectivity index (χ1) is 11.7. The minimum Gasteiger partial charge on any atom is -0.398 e. The number of carbonyl (C=O) groups is 1. The lowest BCUT2D eigenvalue weighted by atomic mass is 9.86. The van der Waals surface area contributed by atoms with Crippen molar-refractivity contribution in [2.45, 2.75) is 25.3 Å². The zero-order valence-electron chi connectivity index (χ0n) is 13.7. The molecule has 1 atom stereocenters. The van der Waals surface area contributed by atoms with Crippen LogP contribution in [0.15, 0.2) is 48.8 Å². The quantitative estimate of drug-likeness (QED) is 0.736. The second-order valence-corrected chi connectivity index (χ2v) is 6.29. The minimum atomic E-state index is 0.00763. The summed E-state index contributed by atoms with van der Waals surface area (Å²) in [5, 5.41) is 6.61. The predicted octanol–water partition coefficient (Wildman–Crippen LogP) is 2.06. The van der Waals surface area contributed by atoms with Crippen LogP contribution in [-0.2, 0) is 11.2 Å². The van der Waals surface area contributed by atoms with Gasteiger partial charge in [0.1, 0.15) is 0 Å². The highest BCUT2D eigenvalue weighted by atomic mass is 16.1. The van der Waals surface area contributed by atoms with Gasteiger partial charge in [-0.25, -0.2) is 0 Å². The number of nitrogen functional groups attached to an aromatic ring is 1. The second-order valence-electron chi connectivity index (χ2n) is 6.29. The first-order valence-corrected chi connectivity index (χ1v) is 8.47. The van der Waals surface area contributed by atoms with Crippen LogP contribution in [0.3, 0.4) is 0 Å². The molecule has 1 unspecified atom stereocenters. The van der Waals surface area contributed by atoms with Crippen molar-refractivity contribution in [3.63, 3.8) is 0 Å². The van der Waals surface area contributed by atoms with Crippen LogP contribution in [0.4, 0.5) is 5.69 Å². The third-order valence-electron chi connectivity index (χ3n) is 4.64. The number of para-hydroxylation sites is 1. The summed E-state index contributed by atoms with van der Waals surface area (Å²) in [7, 11) is 0. The Labute approximate surface area is 142 Å². The molecule has 5 nitrogen and oxygen atoms in total. The van der Waals surface area contributed by atoms with Crippen LogP contribution in [-0.4, -0.2) is 24.0 Å². The average Bonchev–Trinajstić information content (AvgIpc) is 2.63. The van der Waals surface area contributed by atoms with Gasteiger partial charge in [0.2, 0.25) is 5.91 Å². The van der Waals surface area contributed by atoms with E-state index in [9.17, 15) is 4.79 Å². The van der Waals surface area contributed by atoms with Crippen LogP contribution < -0.4 is 16.4 Å². The Kier molecular flexibility index (Phi) is 5.43. The van der Waals surface area contributed by atoms with Gasteiger partial charge in [0.15, 0.2) is 0 Å². The number of rotatable bonds is 5. The molecule has 1 aromatic heterocycles. The maximum absolute atomic E-state index is 12.6. The molecule has 2 heterocycles. The van der Waals surface area contributed by atoms with Crippen LogP contribution in [0.1, 0.15) is 30.0 Å². The molecule has 24 heavy (non-hydrogen) atoms. The number of aromatic nitrogens is 1. The van der Waals surface area contributed by atoms with Crippen molar-refractivity contribution in [1.82, 2.24) is 15.6 Å². The SMILES string of the molecule is Nc1ccccc1CC(=O)NC(c1ccncc1)C1CCNCC1. The molecule has 0 radical (unpaired) electrons. The van der Waals surface area contributed by atoms with Gasteiger partial charge in [-0.1, -0.05) is 18.2 Å². The summed E-state index contributed by atoms with van der Waals surface area (Å²) in [5.74, 6) is 0.443. The first-order valence-electron chi connectivity index (χ1n) is 8.47. The average molecular weight is 324 g/mol. The molecule has 1 aliphatic heterocycles. The molecular weight excluding hydrogens is 300 g/mol. The Morgan fingerprint density at radius 3 is 2.62 bits per heavy atom. The van der Waals surface area contributed by atoms with E-state index >= 15 is 0 Å².